The fraction of sp³-hybridized carbons (Fsp3) is 0.739. The quantitative estimate of drug-likeness (QED) is 0.512. The first-order chi connectivity index (χ1) is 12.3. The van der Waals surface area contributed by atoms with E-state index in [1.165, 1.54) is 89.7 Å². The molecule has 2 heterocycles. The van der Waals surface area contributed by atoms with Crippen molar-refractivity contribution < 1.29 is 0 Å². The van der Waals surface area contributed by atoms with E-state index in [1.54, 1.807) is 5.56 Å². The highest BCUT2D eigenvalue weighted by Crippen LogP contribution is 2.26. The molecule has 2 aliphatic rings. The van der Waals surface area contributed by atoms with E-state index in [9.17, 15) is 0 Å². The number of hydrogen-bond donors (Lipinski definition) is 0. The number of nitrogens with zero attached hydrogens (tertiary/aromatic N) is 2. The van der Waals surface area contributed by atoms with Gasteiger partial charge in [-0.2, -0.15) is 0 Å². The van der Waals surface area contributed by atoms with Gasteiger partial charge in [0.15, 0.2) is 0 Å². The molecule has 0 spiro atoms. The molecule has 4 heteroatoms. The minimum Gasteiger partial charge on any atom is -0.372 e. The summed E-state index contributed by atoms with van der Waals surface area (Å²) in [5.74, 6) is 0.885. The summed E-state index contributed by atoms with van der Waals surface area (Å²) in [6.45, 7) is 9.83. The second kappa shape index (κ2) is 12.9. The topological polar surface area (TPSA) is 6.48 Å². The van der Waals surface area contributed by atoms with Crippen LogP contribution in [0.2, 0.25) is 0 Å². The maximum Gasteiger partial charge on any atom is 0.0366 e. The molecule has 0 N–H and O–H groups in total. The molecule has 0 aromatic heterocycles. The van der Waals surface area contributed by atoms with Crippen molar-refractivity contribution in [3.8, 4) is 0 Å². The number of unbranched alkanes of at least 4 members (excludes halogenated alkanes) is 1. The zero-order chi connectivity index (χ0) is 17.5. The molecule has 0 bridgehead atoms. The molecule has 2 saturated heterocycles. The van der Waals surface area contributed by atoms with Crippen LogP contribution in [-0.2, 0) is 6.42 Å². The molecule has 0 amide bonds. The number of anilines is 1. The summed E-state index contributed by atoms with van der Waals surface area (Å²) in [6, 6.07) is 10.3. The molecule has 1 aromatic rings. The van der Waals surface area contributed by atoms with Crippen LogP contribution >= 0.6 is 24.8 Å². The molecule has 0 aliphatic carbocycles. The van der Waals surface area contributed by atoms with E-state index >= 15 is 0 Å². The van der Waals surface area contributed by atoms with E-state index in [0.29, 0.717) is 0 Å². The Balaban J connectivity index is 0.00000182. The fourth-order valence-corrected chi connectivity index (χ4v) is 4.61. The predicted molar refractivity (Wildman–Crippen MR) is 124 cm³/mol. The molecular weight excluding hydrogens is 375 g/mol. The summed E-state index contributed by atoms with van der Waals surface area (Å²) >= 11 is 0. The zero-order valence-electron chi connectivity index (χ0n) is 17.4. The van der Waals surface area contributed by atoms with Crippen molar-refractivity contribution in [1.29, 1.82) is 0 Å². The Labute approximate surface area is 179 Å². The molecule has 2 nitrogen and oxygen atoms in total. The van der Waals surface area contributed by atoms with E-state index in [4.69, 9.17) is 0 Å². The Hall–Kier alpha value is -0.440. The van der Waals surface area contributed by atoms with Crippen LogP contribution in [0.25, 0.3) is 0 Å². The summed E-state index contributed by atoms with van der Waals surface area (Å²) in [6.07, 6.45) is 12.2. The van der Waals surface area contributed by atoms with Crippen molar-refractivity contribution in [1.82, 2.24) is 4.90 Å². The standard InChI is InChI=1S/C23H38N2.2ClH/c1-3-4-8-20(2)24-17-13-22(14-18-24)19-21-9-11-23(12-10-21)25-15-6-5-7-16-25;;/h9-12,20,22H,3-8,13-19H2,1-2H3;2*1H. The summed E-state index contributed by atoms with van der Waals surface area (Å²) in [4.78, 5) is 5.29. The van der Waals surface area contributed by atoms with Gasteiger partial charge in [-0.1, -0.05) is 31.9 Å². The van der Waals surface area contributed by atoms with Gasteiger partial charge < -0.3 is 9.80 Å². The van der Waals surface area contributed by atoms with E-state index < -0.39 is 0 Å². The van der Waals surface area contributed by atoms with Crippen LogP contribution in [0.1, 0.15) is 70.8 Å². The number of rotatable bonds is 7. The minimum absolute atomic E-state index is 0. The third-order valence-electron chi connectivity index (χ3n) is 6.43. The van der Waals surface area contributed by atoms with Gasteiger partial charge in [0.25, 0.3) is 0 Å². The Morgan fingerprint density at radius 3 is 2.15 bits per heavy atom. The average molecular weight is 415 g/mol. The summed E-state index contributed by atoms with van der Waals surface area (Å²) in [5, 5.41) is 0. The first-order valence-corrected chi connectivity index (χ1v) is 10.8. The number of likely N-dealkylation sites (tertiary alicyclic amines) is 1. The number of benzene rings is 1. The van der Waals surface area contributed by atoms with E-state index in [0.717, 1.165) is 12.0 Å². The molecule has 3 rings (SSSR count). The number of halogens is 2. The Morgan fingerprint density at radius 1 is 0.926 bits per heavy atom. The third kappa shape index (κ3) is 7.48. The van der Waals surface area contributed by atoms with Gasteiger partial charge in [0, 0.05) is 24.8 Å². The normalized spacial score (nSPS) is 19.9. The van der Waals surface area contributed by atoms with Crippen LogP contribution in [0.5, 0.6) is 0 Å². The predicted octanol–water partition coefficient (Wildman–Crippen LogP) is 6.35. The van der Waals surface area contributed by atoms with Crippen LogP contribution in [0.3, 0.4) is 0 Å². The van der Waals surface area contributed by atoms with Crippen LogP contribution in [0.4, 0.5) is 5.69 Å². The summed E-state index contributed by atoms with van der Waals surface area (Å²) < 4.78 is 0. The Morgan fingerprint density at radius 2 is 1.56 bits per heavy atom. The van der Waals surface area contributed by atoms with Crippen molar-refractivity contribution in [2.45, 2.75) is 77.7 Å². The molecule has 0 saturated carbocycles. The average Bonchev–Trinajstić information content (AvgIpc) is 2.68. The highest BCUT2D eigenvalue weighted by molar-refractivity contribution is 5.85. The van der Waals surface area contributed by atoms with Gasteiger partial charge >= 0.3 is 0 Å². The summed E-state index contributed by atoms with van der Waals surface area (Å²) in [5.41, 5.74) is 2.97. The molecule has 2 aliphatic heterocycles. The number of hydrogen-bond acceptors (Lipinski definition) is 2. The maximum absolute atomic E-state index is 2.73. The number of piperidine rings is 2. The lowest BCUT2D eigenvalue weighted by atomic mass is 9.89. The third-order valence-corrected chi connectivity index (χ3v) is 6.43. The second-order valence-electron chi connectivity index (χ2n) is 8.39. The fourth-order valence-electron chi connectivity index (χ4n) is 4.61. The first kappa shape index (κ1) is 24.6. The Bertz CT molecular complexity index is 492. The van der Waals surface area contributed by atoms with Crippen LogP contribution in [0.15, 0.2) is 24.3 Å². The molecule has 1 unspecified atom stereocenters. The first-order valence-electron chi connectivity index (χ1n) is 10.8. The molecule has 2 fully saturated rings. The van der Waals surface area contributed by atoms with Gasteiger partial charge in [-0.15, -0.1) is 24.8 Å². The molecule has 156 valence electrons. The lowest BCUT2D eigenvalue weighted by Crippen LogP contribution is -2.40. The SMILES string of the molecule is CCCCC(C)N1CCC(Cc2ccc(N3CCCCC3)cc2)CC1.Cl.Cl. The lowest BCUT2D eigenvalue weighted by Gasteiger charge is -2.36. The summed E-state index contributed by atoms with van der Waals surface area (Å²) in [7, 11) is 0. The molecular formula is C23H40Cl2N2. The van der Waals surface area contributed by atoms with Gasteiger partial charge in [0.1, 0.15) is 0 Å². The van der Waals surface area contributed by atoms with Crippen molar-refractivity contribution in [3.05, 3.63) is 29.8 Å². The largest absolute Gasteiger partial charge is 0.372 e. The van der Waals surface area contributed by atoms with Gasteiger partial charge in [-0.25, -0.2) is 0 Å². The second-order valence-corrected chi connectivity index (χ2v) is 8.39. The monoisotopic (exact) mass is 414 g/mol. The lowest BCUT2D eigenvalue weighted by molar-refractivity contribution is 0.133. The maximum atomic E-state index is 2.73. The van der Waals surface area contributed by atoms with Gasteiger partial charge in [0.05, 0.1) is 0 Å². The molecule has 1 atom stereocenters. The van der Waals surface area contributed by atoms with Crippen LogP contribution in [0, 0.1) is 5.92 Å². The van der Waals surface area contributed by atoms with Crippen molar-refractivity contribution >= 4 is 30.5 Å². The van der Waals surface area contributed by atoms with Crippen LogP contribution < -0.4 is 4.90 Å². The highest BCUT2D eigenvalue weighted by Gasteiger charge is 2.22. The van der Waals surface area contributed by atoms with E-state index in [1.807, 2.05) is 0 Å². The minimum atomic E-state index is 0. The van der Waals surface area contributed by atoms with Crippen molar-refractivity contribution in [2.24, 2.45) is 5.92 Å². The molecule has 1 aromatic carbocycles. The van der Waals surface area contributed by atoms with Gasteiger partial charge in [0.2, 0.25) is 0 Å². The molecule has 27 heavy (non-hydrogen) atoms. The van der Waals surface area contributed by atoms with E-state index in [2.05, 4.69) is 47.9 Å². The highest BCUT2D eigenvalue weighted by atomic mass is 35.5. The van der Waals surface area contributed by atoms with Gasteiger partial charge in [-0.05, 0) is 88.6 Å². The Kier molecular flexibility index (Phi) is 11.8. The van der Waals surface area contributed by atoms with Crippen molar-refractivity contribution in [3.63, 3.8) is 0 Å². The zero-order valence-corrected chi connectivity index (χ0v) is 19.0. The molecule has 0 radical (unpaired) electrons. The van der Waals surface area contributed by atoms with Crippen LogP contribution in [-0.4, -0.2) is 37.1 Å². The van der Waals surface area contributed by atoms with Gasteiger partial charge in [-0.3, -0.25) is 0 Å². The van der Waals surface area contributed by atoms with E-state index in [-0.39, 0.29) is 24.8 Å². The smallest absolute Gasteiger partial charge is 0.0366 e. The van der Waals surface area contributed by atoms with Crippen molar-refractivity contribution in [2.75, 3.05) is 31.1 Å².